The highest BCUT2D eigenvalue weighted by Crippen LogP contribution is 2.47. The van der Waals surface area contributed by atoms with E-state index < -0.39 is 0 Å². The van der Waals surface area contributed by atoms with Gasteiger partial charge in [0.25, 0.3) is 0 Å². The van der Waals surface area contributed by atoms with Crippen molar-refractivity contribution in [3.8, 4) is 0 Å². The minimum atomic E-state index is 0.270. The summed E-state index contributed by atoms with van der Waals surface area (Å²) in [5, 5.41) is 9.21. The van der Waals surface area contributed by atoms with Crippen LogP contribution in [0.2, 0.25) is 0 Å². The van der Waals surface area contributed by atoms with Crippen molar-refractivity contribution in [2.75, 3.05) is 11.9 Å². The highest BCUT2D eigenvalue weighted by Gasteiger charge is 2.43. The van der Waals surface area contributed by atoms with Gasteiger partial charge in [-0.15, -0.1) is 0 Å². The van der Waals surface area contributed by atoms with Crippen LogP contribution in [0.25, 0.3) is 11.0 Å². The van der Waals surface area contributed by atoms with Crippen LogP contribution in [0.3, 0.4) is 0 Å². The van der Waals surface area contributed by atoms with Crippen LogP contribution in [0.5, 0.6) is 0 Å². The summed E-state index contributed by atoms with van der Waals surface area (Å²) >= 11 is 0. The third-order valence-electron chi connectivity index (χ3n) is 5.11. The summed E-state index contributed by atoms with van der Waals surface area (Å²) in [4.78, 5) is 13.3. The molecule has 6 heteroatoms. The first kappa shape index (κ1) is 16.0. The molecule has 1 aliphatic rings. The van der Waals surface area contributed by atoms with Gasteiger partial charge in [-0.25, -0.2) is 15.0 Å². The van der Waals surface area contributed by atoms with Gasteiger partial charge in [0.05, 0.1) is 11.1 Å². The normalized spacial score (nSPS) is 15.5. The summed E-state index contributed by atoms with van der Waals surface area (Å²) in [5.41, 5.74) is 5.49. The van der Waals surface area contributed by atoms with Gasteiger partial charge in [0.2, 0.25) is 0 Å². The number of rotatable bonds is 5. The first-order valence-corrected chi connectivity index (χ1v) is 8.80. The first-order chi connectivity index (χ1) is 12.0. The van der Waals surface area contributed by atoms with Crippen molar-refractivity contribution >= 4 is 16.9 Å². The summed E-state index contributed by atoms with van der Waals surface area (Å²) in [7, 11) is 0. The van der Waals surface area contributed by atoms with Gasteiger partial charge in [0, 0.05) is 29.9 Å². The van der Waals surface area contributed by atoms with E-state index in [1.165, 1.54) is 18.5 Å². The van der Waals surface area contributed by atoms with E-state index in [0.29, 0.717) is 0 Å². The molecule has 0 saturated heterocycles. The molecule has 0 spiro atoms. The van der Waals surface area contributed by atoms with Crippen molar-refractivity contribution in [1.82, 2.24) is 24.7 Å². The molecule has 0 atom stereocenters. The van der Waals surface area contributed by atoms with Crippen molar-refractivity contribution in [3.63, 3.8) is 0 Å². The van der Waals surface area contributed by atoms with Crippen LogP contribution in [-0.4, -0.2) is 31.3 Å². The summed E-state index contributed by atoms with van der Waals surface area (Å²) in [6.07, 6.45) is 4.03. The van der Waals surface area contributed by atoms with Gasteiger partial charge in [-0.1, -0.05) is 0 Å². The van der Waals surface area contributed by atoms with Gasteiger partial charge >= 0.3 is 0 Å². The van der Waals surface area contributed by atoms with Crippen molar-refractivity contribution in [2.45, 2.75) is 47.1 Å². The Labute approximate surface area is 147 Å². The second-order valence-corrected chi connectivity index (χ2v) is 7.44. The molecule has 0 unspecified atom stereocenters. The van der Waals surface area contributed by atoms with Gasteiger partial charge in [-0.3, -0.25) is 4.68 Å². The average molecular weight is 336 g/mol. The van der Waals surface area contributed by atoms with Crippen LogP contribution in [-0.2, 0) is 6.54 Å². The van der Waals surface area contributed by atoms with E-state index in [-0.39, 0.29) is 5.41 Å². The molecule has 3 heterocycles. The summed E-state index contributed by atoms with van der Waals surface area (Å²) in [6.45, 7) is 10.1. The number of aryl methyl sites for hydroxylation is 4. The maximum Gasteiger partial charge on any atom is 0.165 e. The second-order valence-electron chi connectivity index (χ2n) is 7.44. The maximum absolute atomic E-state index is 4.62. The van der Waals surface area contributed by atoms with E-state index >= 15 is 0 Å². The Morgan fingerprint density at radius 2 is 1.88 bits per heavy atom. The van der Waals surface area contributed by atoms with E-state index in [9.17, 15) is 0 Å². The molecule has 0 bridgehead atoms. The number of hydrogen-bond donors (Lipinski definition) is 1. The quantitative estimate of drug-likeness (QED) is 0.774. The van der Waals surface area contributed by atoms with Gasteiger partial charge in [0.15, 0.2) is 5.65 Å². The van der Waals surface area contributed by atoms with E-state index in [4.69, 9.17) is 0 Å². The van der Waals surface area contributed by atoms with Gasteiger partial charge in [0.1, 0.15) is 12.1 Å². The third-order valence-corrected chi connectivity index (χ3v) is 5.11. The molecule has 1 aliphatic carbocycles. The van der Waals surface area contributed by atoms with Crippen molar-refractivity contribution in [1.29, 1.82) is 0 Å². The average Bonchev–Trinajstić information content (AvgIpc) is 3.24. The lowest BCUT2D eigenvalue weighted by molar-refractivity contribution is 0.409. The second kappa shape index (κ2) is 5.79. The Bertz CT molecular complexity index is 938. The minimum Gasteiger partial charge on any atom is -0.369 e. The molecule has 0 aliphatic heterocycles. The van der Waals surface area contributed by atoms with Crippen LogP contribution >= 0.6 is 0 Å². The van der Waals surface area contributed by atoms with E-state index in [0.717, 1.165) is 46.9 Å². The van der Waals surface area contributed by atoms with Crippen LogP contribution in [0, 0.1) is 33.1 Å². The van der Waals surface area contributed by atoms with Crippen molar-refractivity contribution in [3.05, 3.63) is 41.1 Å². The fourth-order valence-corrected chi connectivity index (χ4v) is 3.53. The monoisotopic (exact) mass is 336 g/mol. The molecule has 3 aromatic heterocycles. The molecule has 1 N–H and O–H groups in total. The highest BCUT2D eigenvalue weighted by atomic mass is 15.3. The summed E-state index contributed by atoms with van der Waals surface area (Å²) in [5.74, 6) is 0.884. The fraction of sp³-hybridized carbons (Fsp3) is 0.474. The minimum absolute atomic E-state index is 0.270. The van der Waals surface area contributed by atoms with E-state index in [2.05, 4.69) is 56.0 Å². The van der Waals surface area contributed by atoms with Gasteiger partial charge in [-0.05, 0) is 58.2 Å². The standard InChI is InChI=1S/C19H24N6/c1-12-7-13(2)23-18-16(12)17(21-11-22-18)20-9-19(5-6-19)10-25-15(4)8-14(3)24-25/h7-8,11H,5-6,9-10H2,1-4H3,(H,20,21,22,23). The Kier molecular flexibility index (Phi) is 3.71. The van der Waals surface area contributed by atoms with Crippen LogP contribution < -0.4 is 5.32 Å². The number of hydrogen-bond acceptors (Lipinski definition) is 5. The van der Waals surface area contributed by atoms with Gasteiger partial charge in [-0.2, -0.15) is 5.10 Å². The molecule has 4 rings (SSSR count). The zero-order valence-corrected chi connectivity index (χ0v) is 15.3. The topological polar surface area (TPSA) is 68.5 Å². The predicted octanol–water partition coefficient (Wildman–Crippen LogP) is 3.35. The zero-order valence-electron chi connectivity index (χ0n) is 15.3. The zero-order chi connectivity index (χ0) is 17.6. The molecular formula is C19H24N6. The van der Waals surface area contributed by atoms with Crippen LogP contribution in [0.1, 0.15) is 35.5 Å². The van der Waals surface area contributed by atoms with E-state index in [1.54, 1.807) is 6.33 Å². The first-order valence-electron chi connectivity index (χ1n) is 8.80. The van der Waals surface area contributed by atoms with Crippen LogP contribution in [0.15, 0.2) is 18.5 Å². The maximum atomic E-state index is 4.62. The number of nitrogens with one attached hydrogen (secondary N) is 1. The lowest BCUT2D eigenvalue weighted by Gasteiger charge is -2.18. The molecule has 130 valence electrons. The van der Waals surface area contributed by atoms with Crippen LogP contribution in [0.4, 0.5) is 5.82 Å². The molecule has 1 fully saturated rings. The molecule has 1 saturated carbocycles. The predicted molar refractivity (Wildman–Crippen MR) is 98.7 cm³/mol. The molecule has 0 aromatic carbocycles. The highest BCUT2D eigenvalue weighted by molar-refractivity contribution is 5.89. The molecular weight excluding hydrogens is 312 g/mol. The third kappa shape index (κ3) is 3.08. The van der Waals surface area contributed by atoms with E-state index in [1.807, 2.05) is 13.8 Å². The van der Waals surface area contributed by atoms with Gasteiger partial charge < -0.3 is 5.32 Å². The molecule has 0 radical (unpaired) electrons. The lowest BCUT2D eigenvalue weighted by Crippen LogP contribution is -2.23. The SMILES string of the molecule is Cc1cc(C)c2c(NCC3(Cn4nc(C)cc4C)CC3)ncnc2n1. The number of pyridine rings is 1. The molecule has 6 nitrogen and oxygen atoms in total. The number of aromatic nitrogens is 5. The Hall–Kier alpha value is -2.50. The smallest absolute Gasteiger partial charge is 0.165 e. The molecule has 0 amide bonds. The fourth-order valence-electron chi connectivity index (χ4n) is 3.53. The summed E-state index contributed by atoms with van der Waals surface area (Å²) in [6, 6.07) is 4.22. The largest absolute Gasteiger partial charge is 0.369 e. The Balaban J connectivity index is 1.55. The van der Waals surface area contributed by atoms with Crippen molar-refractivity contribution < 1.29 is 0 Å². The van der Waals surface area contributed by atoms with Crippen molar-refractivity contribution in [2.24, 2.45) is 5.41 Å². The number of anilines is 1. The molecule has 25 heavy (non-hydrogen) atoms. The number of fused-ring (bicyclic) bond motifs is 1. The lowest BCUT2D eigenvalue weighted by atomic mass is 10.1. The Morgan fingerprint density at radius 3 is 2.56 bits per heavy atom. The Morgan fingerprint density at radius 1 is 1.08 bits per heavy atom. The molecule has 3 aromatic rings. The number of nitrogens with zero attached hydrogens (tertiary/aromatic N) is 5. The summed E-state index contributed by atoms with van der Waals surface area (Å²) < 4.78 is 2.14.